The Hall–Kier alpha value is -1.59. The number of nitrogens with one attached hydrogen (secondary N) is 1. The minimum absolute atomic E-state index is 0.151. The van der Waals surface area contributed by atoms with Gasteiger partial charge in [0.15, 0.2) is 5.25 Å². The van der Waals surface area contributed by atoms with Gasteiger partial charge in [-0.25, -0.2) is 0 Å². The van der Waals surface area contributed by atoms with Gasteiger partial charge in [0, 0.05) is 6.42 Å². The highest BCUT2D eigenvalue weighted by molar-refractivity contribution is 7.87. The first kappa shape index (κ1) is 16.5. The molecule has 11 heteroatoms. The average Bonchev–Trinajstić information content (AvgIpc) is 2.72. The molecule has 20 heavy (non-hydrogen) atoms. The molecular weight excluding hydrogens is 310 g/mol. The second-order valence-electron chi connectivity index (χ2n) is 3.85. The lowest BCUT2D eigenvalue weighted by molar-refractivity contribution is -0.138. The van der Waals surface area contributed by atoms with Gasteiger partial charge in [0.05, 0.1) is 6.42 Å². The van der Waals surface area contributed by atoms with Crippen LogP contribution in [0.1, 0.15) is 24.8 Å². The zero-order chi connectivity index (χ0) is 15.3. The summed E-state index contributed by atoms with van der Waals surface area (Å²) in [6.07, 6.45) is 0.638. The standard InChI is InChI=1S/C9H13N3O6S2/c1-2-3-7-11-12-9(19-7)10-6(13)4-5(8(14)15)20(16,17)18/h5H,2-4H2,1H3,(H,14,15)(H,10,12,13)(H,16,17,18). The van der Waals surface area contributed by atoms with Gasteiger partial charge >= 0.3 is 5.97 Å². The van der Waals surface area contributed by atoms with Crippen LogP contribution in [0.5, 0.6) is 0 Å². The Kier molecular flexibility index (Phi) is 5.53. The number of amides is 1. The number of aliphatic carboxylic acids is 1. The summed E-state index contributed by atoms with van der Waals surface area (Å²) in [5.74, 6) is -2.68. The Bertz CT molecular complexity index is 597. The van der Waals surface area contributed by atoms with Crippen LogP contribution in [0.25, 0.3) is 0 Å². The molecule has 1 heterocycles. The number of anilines is 1. The molecule has 0 fully saturated rings. The fraction of sp³-hybridized carbons (Fsp3) is 0.556. The van der Waals surface area contributed by atoms with Crippen LogP contribution in [0.4, 0.5) is 5.13 Å². The number of carbonyl (C=O) groups excluding carboxylic acids is 1. The van der Waals surface area contributed by atoms with Crippen molar-refractivity contribution in [2.24, 2.45) is 0 Å². The molecule has 112 valence electrons. The molecule has 0 spiro atoms. The van der Waals surface area contributed by atoms with E-state index in [1.165, 1.54) is 0 Å². The van der Waals surface area contributed by atoms with E-state index in [-0.39, 0.29) is 5.13 Å². The quantitative estimate of drug-likeness (QED) is 0.601. The Morgan fingerprint density at radius 3 is 2.55 bits per heavy atom. The molecule has 1 rings (SSSR count). The summed E-state index contributed by atoms with van der Waals surface area (Å²) >= 11 is 1.12. The number of rotatable bonds is 7. The lowest BCUT2D eigenvalue weighted by Gasteiger charge is -2.07. The molecule has 9 nitrogen and oxygen atoms in total. The molecule has 0 radical (unpaired) electrons. The van der Waals surface area contributed by atoms with E-state index in [0.29, 0.717) is 11.4 Å². The summed E-state index contributed by atoms with van der Waals surface area (Å²) < 4.78 is 30.4. The zero-order valence-corrected chi connectivity index (χ0v) is 12.1. The second-order valence-corrected chi connectivity index (χ2v) is 6.51. The molecule has 1 aromatic heterocycles. The molecular formula is C9H13N3O6S2. The predicted octanol–water partition coefficient (Wildman–Crippen LogP) is 0.160. The first-order valence-electron chi connectivity index (χ1n) is 5.55. The predicted molar refractivity (Wildman–Crippen MR) is 70.1 cm³/mol. The van der Waals surface area contributed by atoms with Crippen LogP contribution in [0, 0.1) is 0 Å². The van der Waals surface area contributed by atoms with Gasteiger partial charge in [-0.3, -0.25) is 14.1 Å². The zero-order valence-electron chi connectivity index (χ0n) is 10.4. The Morgan fingerprint density at radius 1 is 1.40 bits per heavy atom. The monoisotopic (exact) mass is 323 g/mol. The number of aromatic nitrogens is 2. The number of nitrogens with zero attached hydrogens (tertiary/aromatic N) is 2. The number of hydrogen-bond acceptors (Lipinski definition) is 7. The van der Waals surface area contributed by atoms with Crippen LogP contribution >= 0.6 is 11.3 Å². The van der Waals surface area contributed by atoms with Crippen LogP contribution in [0.2, 0.25) is 0 Å². The molecule has 0 aromatic carbocycles. The Balaban J connectivity index is 2.68. The molecule has 0 bridgehead atoms. The minimum atomic E-state index is -4.85. The Morgan fingerprint density at radius 2 is 2.05 bits per heavy atom. The van der Waals surface area contributed by atoms with Crippen LogP contribution in [0.15, 0.2) is 0 Å². The first-order valence-corrected chi connectivity index (χ1v) is 7.87. The summed E-state index contributed by atoms with van der Waals surface area (Å²) in [5, 5.41) is 17.0. The van der Waals surface area contributed by atoms with Crippen molar-refractivity contribution in [3.8, 4) is 0 Å². The molecule has 1 aromatic rings. The molecule has 3 N–H and O–H groups in total. The van der Waals surface area contributed by atoms with Crippen molar-refractivity contribution in [1.82, 2.24) is 10.2 Å². The van der Waals surface area contributed by atoms with E-state index in [1.54, 1.807) is 0 Å². The van der Waals surface area contributed by atoms with Gasteiger partial charge in [-0.1, -0.05) is 18.3 Å². The minimum Gasteiger partial charge on any atom is -0.480 e. The van der Waals surface area contributed by atoms with E-state index in [1.807, 2.05) is 6.92 Å². The number of hydrogen-bond donors (Lipinski definition) is 3. The van der Waals surface area contributed by atoms with Crippen LogP contribution < -0.4 is 5.32 Å². The summed E-state index contributed by atoms with van der Waals surface area (Å²) in [4.78, 5) is 22.2. The van der Waals surface area contributed by atoms with Crippen molar-refractivity contribution in [1.29, 1.82) is 0 Å². The summed E-state index contributed by atoms with van der Waals surface area (Å²) in [5.41, 5.74) is 0. The van der Waals surface area contributed by atoms with Gasteiger partial charge < -0.3 is 10.4 Å². The molecule has 1 unspecified atom stereocenters. The van der Waals surface area contributed by atoms with Gasteiger partial charge in [0.2, 0.25) is 11.0 Å². The van der Waals surface area contributed by atoms with Crippen molar-refractivity contribution in [2.75, 3.05) is 5.32 Å². The van der Waals surface area contributed by atoms with E-state index in [0.717, 1.165) is 17.8 Å². The maximum absolute atomic E-state index is 11.5. The third-order valence-corrected chi connectivity index (χ3v) is 4.17. The number of carboxylic acid groups (broad SMARTS) is 1. The highest BCUT2D eigenvalue weighted by Crippen LogP contribution is 2.17. The topological polar surface area (TPSA) is 147 Å². The van der Waals surface area contributed by atoms with Crippen LogP contribution in [-0.4, -0.2) is 45.4 Å². The number of carbonyl (C=O) groups is 2. The van der Waals surface area contributed by atoms with Gasteiger partial charge in [-0.15, -0.1) is 10.2 Å². The third kappa shape index (κ3) is 4.83. The van der Waals surface area contributed by atoms with Crippen molar-refractivity contribution < 1.29 is 27.7 Å². The highest BCUT2D eigenvalue weighted by Gasteiger charge is 2.33. The fourth-order valence-electron chi connectivity index (χ4n) is 1.28. The Labute approximate surface area is 118 Å². The lowest BCUT2D eigenvalue weighted by atomic mass is 10.3. The molecule has 0 aliphatic rings. The number of carboxylic acids is 1. The molecule has 0 saturated carbocycles. The van der Waals surface area contributed by atoms with Crippen molar-refractivity contribution in [2.45, 2.75) is 31.4 Å². The molecule has 0 aliphatic carbocycles. The molecule has 0 saturated heterocycles. The van der Waals surface area contributed by atoms with E-state index in [4.69, 9.17) is 9.66 Å². The van der Waals surface area contributed by atoms with E-state index >= 15 is 0 Å². The average molecular weight is 323 g/mol. The van der Waals surface area contributed by atoms with E-state index in [9.17, 15) is 18.0 Å². The fourth-order valence-corrected chi connectivity index (χ4v) is 2.75. The molecule has 1 atom stereocenters. The maximum Gasteiger partial charge on any atom is 0.324 e. The van der Waals surface area contributed by atoms with Gasteiger partial charge in [-0.2, -0.15) is 8.42 Å². The normalized spacial score (nSPS) is 12.9. The molecule has 1 amide bonds. The first-order chi connectivity index (χ1) is 9.24. The maximum atomic E-state index is 11.5. The molecule has 0 aliphatic heterocycles. The van der Waals surface area contributed by atoms with Gasteiger partial charge in [-0.05, 0) is 6.42 Å². The lowest BCUT2D eigenvalue weighted by Crippen LogP contribution is -2.33. The van der Waals surface area contributed by atoms with Gasteiger partial charge in [0.25, 0.3) is 10.1 Å². The highest BCUT2D eigenvalue weighted by atomic mass is 32.2. The van der Waals surface area contributed by atoms with Gasteiger partial charge in [0.1, 0.15) is 5.01 Å². The largest absolute Gasteiger partial charge is 0.480 e. The van der Waals surface area contributed by atoms with Crippen molar-refractivity contribution in [3.05, 3.63) is 5.01 Å². The number of aryl methyl sites for hydroxylation is 1. The van der Waals surface area contributed by atoms with Crippen LogP contribution in [0.3, 0.4) is 0 Å². The van der Waals surface area contributed by atoms with Crippen molar-refractivity contribution >= 4 is 38.5 Å². The smallest absolute Gasteiger partial charge is 0.324 e. The van der Waals surface area contributed by atoms with E-state index in [2.05, 4.69) is 15.5 Å². The summed E-state index contributed by atoms with van der Waals surface area (Å²) in [7, 11) is -4.85. The summed E-state index contributed by atoms with van der Waals surface area (Å²) in [6, 6.07) is 0. The van der Waals surface area contributed by atoms with E-state index < -0.39 is 33.7 Å². The van der Waals surface area contributed by atoms with Crippen LogP contribution in [-0.2, 0) is 26.1 Å². The van der Waals surface area contributed by atoms with Crippen molar-refractivity contribution in [3.63, 3.8) is 0 Å². The second kappa shape index (κ2) is 6.72. The third-order valence-electron chi connectivity index (χ3n) is 2.18. The summed E-state index contributed by atoms with van der Waals surface area (Å²) in [6.45, 7) is 1.95. The SMILES string of the molecule is CCCc1nnc(NC(=O)CC(C(=O)O)S(=O)(=O)O)s1.